The van der Waals surface area contributed by atoms with Crippen LogP contribution in [0.2, 0.25) is 0 Å². The molecule has 27 heavy (non-hydrogen) atoms. The van der Waals surface area contributed by atoms with E-state index in [0.29, 0.717) is 18.8 Å². The van der Waals surface area contributed by atoms with Gasteiger partial charge in [0.2, 0.25) is 5.91 Å². The highest BCUT2D eigenvalue weighted by Crippen LogP contribution is 2.34. The summed E-state index contributed by atoms with van der Waals surface area (Å²) < 4.78 is 16.9. The van der Waals surface area contributed by atoms with Crippen LogP contribution in [0.25, 0.3) is 0 Å². The largest absolute Gasteiger partial charge is 0.488 e. The number of rotatable bonds is 7. The SMILES string of the molecule is COCOc1c(C2=NNC(=O)CC2C)ccc(OCc2ccccc2)c1C. The van der Waals surface area contributed by atoms with Gasteiger partial charge in [0.25, 0.3) is 0 Å². The Labute approximate surface area is 159 Å². The van der Waals surface area contributed by atoms with E-state index in [1.54, 1.807) is 7.11 Å². The molecule has 3 rings (SSSR count). The van der Waals surface area contributed by atoms with Gasteiger partial charge in [-0.1, -0.05) is 37.3 Å². The summed E-state index contributed by atoms with van der Waals surface area (Å²) in [6, 6.07) is 13.8. The minimum absolute atomic E-state index is 0.000804. The molecule has 1 aliphatic heterocycles. The van der Waals surface area contributed by atoms with Crippen molar-refractivity contribution in [3.63, 3.8) is 0 Å². The Hall–Kier alpha value is -2.86. The lowest BCUT2D eigenvalue weighted by Crippen LogP contribution is -2.32. The Balaban J connectivity index is 1.90. The molecule has 2 aromatic rings. The van der Waals surface area contributed by atoms with Gasteiger partial charge < -0.3 is 14.2 Å². The zero-order valence-corrected chi connectivity index (χ0v) is 15.8. The van der Waals surface area contributed by atoms with Gasteiger partial charge in [0.05, 0.1) is 5.71 Å². The van der Waals surface area contributed by atoms with Gasteiger partial charge in [0.15, 0.2) is 6.79 Å². The molecule has 1 atom stereocenters. The summed E-state index contributed by atoms with van der Waals surface area (Å²) in [5.74, 6) is 1.32. The molecule has 142 valence electrons. The van der Waals surface area contributed by atoms with Gasteiger partial charge in [0, 0.05) is 30.6 Å². The number of carbonyl (C=O) groups is 1. The number of hydrogen-bond donors (Lipinski definition) is 1. The smallest absolute Gasteiger partial charge is 0.240 e. The molecular formula is C21H24N2O4. The third-order valence-electron chi connectivity index (χ3n) is 4.45. The summed E-state index contributed by atoms with van der Waals surface area (Å²) in [6.07, 6.45) is 0.397. The highest BCUT2D eigenvalue weighted by molar-refractivity contribution is 6.07. The Morgan fingerprint density at radius 2 is 1.93 bits per heavy atom. The minimum atomic E-state index is -0.0786. The number of ether oxygens (including phenoxy) is 3. The molecule has 2 aromatic carbocycles. The van der Waals surface area contributed by atoms with Gasteiger partial charge >= 0.3 is 0 Å². The van der Waals surface area contributed by atoms with Gasteiger partial charge in [-0.3, -0.25) is 4.79 Å². The lowest BCUT2D eigenvalue weighted by Gasteiger charge is -2.23. The first-order valence-corrected chi connectivity index (χ1v) is 8.89. The lowest BCUT2D eigenvalue weighted by atomic mass is 9.92. The molecule has 1 unspecified atom stereocenters. The molecule has 0 bridgehead atoms. The number of methoxy groups -OCH3 is 1. The van der Waals surface area contributed by atoms with Crippen molar-refractivity contribution in [3.05, 3.63) is 59.2 Å². The van der Waals surface area contributed by atoms with Crippen LogP contribution in [0, 0.1) is 12.8 Å². The molecule has 0 spiro atoms. The number of nitrogens with one attached hydrogen (secondary N) is 1. The predicted molar refractivity (Wildman–Crippen MR) is 103 cm³/mol. The van der Waals surface area contributed by atoms with E-state index >= 15 is 0 Å². The molecule has 0 aromatic heterocycles. The van der Waals surface area contributed by atoms with Crippen molar-refractivity contribution in [2.45, 2.75) is 26.9 Å². The standard InChI is InChI=1S/C21H24N2O4/c1-14-11-19(24)22-23-20(14)17-9-10-18(15(2)21(17)27-13-25-3)26-12-16-7-5-4-6-8-16/h4-10,14H,11-13H2,1-3H3,(H,22,24). The van der Waals surface area contributed by atoms with Crippen molar-refractivity contribution >= 4 is 11.6 Å². The fourth-order valence-corrected chi connectivity index (χ4v) is 3.05. The van der Waals surface area contributed by atoms with Crippen LogP contribution in [0.1, 0.15) is 30.0 Å². The van der Waals surface area contributed by atoms with E-state index in [-0.39, 0.29) is 18.6 Å². The number of hydrazone groups is 1. The first-order chi connectivity index (χ1) is 13.1. The van der Waals surface area contributed by atoms with Crippen LogP contribution >= 0.6 is 0 Å². The molecule has 1 N–H and O–H groups in total. The molecule has 1 amide bonds. The Morgan fingerprint density at radius 1 is 1.15 bits per heavy atom. The van der Waals surface area contributed by atoms with Gasteiger partial charge in [-0.25, -0.2) is 5.43 Å². The summed E-state index contributed by atoms with van der Waals surface area (Å²) >= 11 is 0. The average molecular weight is 368 g/mol. The maximum Gasteiger partial charge on any atom is 0.240 e. The van der Waals surface area contributed by atoms with Gasteiger partial charge in [-0.05, 0) is 24.6 Å². The molecule has 1 heterocycles. The lowest BCUT2D eigenvalue weighted by molar-refractivity contribution is -0.121. The molecule has 0 fully saturated rings. The monoisotopic (exact) mass is 368 g/mol. The van der Waals surface area contributed by atoms with Crippen molar-refractivity contribution in [1.82, 2.24) is 5.43 Å². The number of amides is 1. The first-order valence-electron chi connectivity index (χ1n) is 8.89. The average Bonchev–Trinajstić information content (AvgIpc) is 2.67. The van der Waals surface area contributed by atoms with E-state index in [2.05, 4.69) is 10.5 Å². The van der Waals surface area contributed by atoms with Crippen molar-refractivity contribution in [2.24, 2.45) is 11.0 Å². The number of hydrogen-bond acceptors (Lipinski definition) is 5. The quantitative estimate of drug-likeness (QED) is 0.761. The van der Waals surface area contributed by atoms with Crippen LogP contribution in [0.15, 0.2) is 47.6 Å². The molecule has 6 nitrogen and oxygen atoms in total. The van der Waals surface area contributed by atoms with Crippen molar-refractivity contribution in [3.8, 4) is 11.5 Å². The summed E-state index contributed by atoms with van der Waals surface area (Å²) in [7, 11) is 1.58. The summed E-state index contributed by atoms with van der Waals surface area (Å²) in [6.45, 7) is 4.51. The van der Waals surface area contributed by atoms with E-state index in [1.165, 1.54) is 0 Å². The molecular weight excluding hydrogens is 344 g/mol. The predicted octanol–water partition coefficient (Wildman–Crippen LogP) is 3.42. The molecule has 0 aliphatic carbocycles. The van der Waals surface area contributed by atoms with Crippen LogP contribution in [-0.2, 0) is 16.1 Å². The van der Waals surface area contributed by atoms with Crippen LogP contribution in [0.5, 0.6) is 11.5 Å². The van der Waals surface area contributed by atoms with Crippen molar-refractivity contribution < 1.29 is 19.0 Å². The molecule has 0 saturated carbocycles. The maximum absolute atomic E-state index is 11.6. The fourth-order valence-electron chi connectivity index (χ4n) is 3.05. The number of nitrogens with zero attached hydrogens (tertiary/aromatic N) is 1. The van der Waals surface area contributed by atoms with Gasteiger partial charge in [0.1, 0.15) is 18.1 Å². The Morgan fingerprint density at radius 3 is 2.63 bits per heavy atom. The van der Waals surface area contributed by atoms with Crippen molar-refractivity contribution in [1.29, 1.82) is 0 Å². The number of benzene rings is 2. The summed E-state index contributed by atoms with van der Waals surface area (Å²) in [4.78, 5) is 11.6. The molecule has 0 radical (unpaired) electrons. The first kappa shape index (κ1) is 18.9. The van der Waals surface area contributed by atoms with E-state index in [4.69, 9.17) is 14.2 Å². The van der Waals surface area contributed by atoms with Gasteiger partial charge in [-0.15, -0.1) is 0 Å². The molecule has 0 saturated heterocycles. The van der Waals surface area contributed by atoms with E-state index in [9.17, 15) is 4.79 Å². The fraction of sp³-hybridized carbons (Fsp3) is 0.333. The van der Waals surface area contributed by atoms with E-state index < -0.39 is 0 Å². The van der Waals surface area contributed by atoms with Crippen LogP contribution in [0.4, 0.5) is 0 Å². The molecule has 1 aliphatic rings. The zero-order valence-electron chi connectivity index (χ0n) is 15.8. The van der Waals surface area contributed by atoms with E-state index in [0.717, 1.165) is 28.2 Å². The normalized spacial score (nSPS) is 16.5. The number of carbonyl (C=O) groups excluding carboxylic acids is 1. The third-order valence-corrected chi connectivity index (χ3v) is 4.45. The Kier molecular flexibility index (Phi) is 6.08. The van der Waals surface area contributed by atoms with Crippen LogP contribution < -0.4 is 14.9 Å². The summed E-state index contributed by atoms with van der Waals surface area (Å²) in [5.41, 5.74) is 6.14. The highest BCUT2D eigenvalue weighted by atomic mass is 16.7. The minimum Gasteiger partial charge on any atom is -0.488 e. The Bertz CT molecular complexity index is 834. The zero-order chi connectivity index (χ0) is 19.2. The topological polar surface area (TPSA) is 69.2 Å². The second-order valence-electron chi connectivity index (χ2n) is 6.53. The summed E-state index contributed by atoms with van der Waals surface area (Å²) in [5, 5.41) is 4.25. The third kappa shape index (κ3) is 4.46. The van der Waals surface area contributed by atoms with E-state index in [1.807, 2.05) is 56.3 Å². The second-order valence-corrected chi connectivity index (χ2v) is 6.53. The van der Waals surface area contributed by atoms with Crippen LogP contribution in [-0.4, -0.2) is 25.5 Å². The highest BCUT2D eigenvalue weighted by Gasteiger charge is 2.26. The van der Waals surface area contributed by atoms with Gasteiger partial charge in [-0.2, -0.15) is 5.10 Å². The maximum atomic E-state index is 11.6. The molecule has 6 heteroatoms. The van der Waals surface area contributed by atoms with Crippen molar-refractivity contribution in [2.75, 3.05) is 13.9 Å². The van der Waals surface area contributed by atoms with Crippen LogP contribution in [0.3, 0.4) is 0 Å². The second kappa shape index (κ2) is 8.68.